The van der Waals surface area contributed by atoms with Gasteiger partial charge in [-0.25, -0.2) is 9.98 Å². The fourth-order valence-corrected chi connectivity index (χ4v) is 3.76. The smallest absolute Gasteiger partial charge is 0.250 e. The Morgan fingerprint density at radius 1 is 1.12 bits per heavy atom. The van der Waals surface area contributed by atoms with Gasteiger partial charge in [0.2, 0.25) is 5.91 Å². The minimum absolute atomic E-state index is 0.00181. The number of aryl methyl sites for hydroxylation is 1. The Balaban J connectivity index is 1.33. The number of fused-ring (bicyclic) bond motifs is 2. The fraction of sp³-hybridized carbons (Fsp3) is 0.160. The van der Waals surface area contributed by atoms with E-state index in [0.29, 0.717) is 12.4 Å². The highest BCUT2D eigenvalue weighted by atomic mass is 16.5. The zero-order chi connectivity index (χ0) is 23.5. The van der Waals surface area contributed by atoms with Gasteiger partial charge in [-0.2, -0.15) is 0 Å². The number of nitrogens with one attached hydrogen (secondary N) is 3. The van der Waals surface area contributed by atoms with Gasteiger partial charge in [-0.15, -0.1) is 0 Å². The number of benzene rings is 2. The maximum Gasteiger partial charge on any atom is 0.250 e. The molecule has 0 radical (unpaired) electrons. The quantitative estimate of drug-likeness (QED) is 0.401. The summed E-state index contributed by atoms with van der Waals surface area (Å²) in [6.07, 6.45) is 5.56. The van der Waals surface area contributed by atoms with Crippen LogP contribution in [0.2, 0.25) is 0 Å². The van der Waals surface area contributed by atoms with E-state index in [0.717, 1.165) is 45.5 Å². The van der Waals surface area contributed by atoms with E-state index in [1.54, 1.807) is 6.20 Å². The van der Waals surface area contributed by atoms with Gasteiger partial charge in [0.1, 0.15) is 36.3 Å². The van der Waals surface area contributed by atoms with Crippen LogP contribution in [0.15, 0.2) is 72.1 Å². The van der Waals surface area contributed by atoms with Crippen LogP contribution in [0.5, 0.6) is 11.5 Å². The molecule has 3 N–H and O–H groups in total. The van der Waals surface area contributed by atoms with Crippen molar-refractivity contribution >= 4 is 34.5 Å². The first kappa shape index (κ1) is 21.5. The minimum atomic E-state index is -0.212. The summed E-state index contributed by atoms with van der Waals surface area (Å²) in [6.45, 7) is 2.45. The summed E-state index contributed by atoms with van der Waals surface area (Å²) in [5, 5.41) is 9.48. The molecule has 0 fully saturated rings. The number of rotatable bonds is 6. The second kappa shape index (κ2) is 9.24. The Morgan fingerprint density at radius 2 is 2.00 bits per heavy atom. The topological polar surface area (TPSA) is 101 Å². The number of amidine groups is 1. The third-order valence-electron chi connectivity index (χ3n) is 5.38. The molecular weight excluding hydrogens is 432 g/mol. The largest absolute Gasteiger partial charge is 0.457 e. The molecule has 0 aliphatic carbocycles. The molecule has 172 valence electrons. The predicted octanol–water partition coefficient (Wildman–Crippen LogP) is 4.26. The Bertz CT molecular complexity index is 1390. The van der Waals surface area contributed by atoms with Gasteiger partial charge >= 0.3 is 0 Å². The Morgan fingerprint density at radius 3 is 2.85 bits per heavy atom. The molecule has 9 nitrogen and oxygen atoms in total. The molecule has 0 saturated carbocycles. The third-order valence-corrected chi connectivity index (χ3v) is 5.38. The number of pyridine rings is 1. The molecule has 0 spiro atoms. The Kier molecular flexibility index (Phi) is 5.84. The van der Waals surface area contributed by atoms with Crippen LogP contribution < -0.4 is 20.7 Å². The van der Waals surface area contributed by atoms with Gasteiger partial charge in [-0.05, 0) is 55.0 Å². The first-order valence-electron chi connectivity index (χ1n) is 10.8. The molecule has 4 aromatic rings. The number of ether oxygens (including phenoxy) is 2. The lowest BCUT2D eigenvalue weighted by molar-refractivity contribution is -0.119. The van der Waals surface area contributed by atoms with Gasteiger partial charge in [0, 0.05) is 54.4 Å². The molecule has 2 aromatic heterocycles. The van der Waals surface area contributed by atoms with Crippen LogP contribution in [-0.2, 0) is 9.53 Å². The number of amides is 1. The van der Waals surface area contributed by atoms with E-state index in [1.807, 2.05) is 72.2 Å². The number of carbonyl (C=O) groups excluding carboxylic acids is 1. The van der Waals surface area contributed by atoms with E-state index in [9.17, 15) is 4.79 Å². The number of hydrogen-bond acceptors (Lipinski definition) is 7. The SMILES string of the molecule is COCC(=O)Nc1ccc2c(c1)C(Nc1ccc(Oc3ccn4ccnc4c3)c(C)c1)=NCN2. The van der Waals surface area contributed by atoms with Crippen LogP contribution in [0.4, 0.5) is 17.1 Å². The molecule has 1 aliphatic heterocycles. The summed E-state index contributed by atoms with van der Waals surface area (Å²) in [4.78, 5) is 20.8. The lowest BCUT2D eigenvalue weighted by Gasteiger charge is -2.21. The molecule has 0 bridgehead atoms. The van der Waals surface area contributed by atoms with Crippen LogP contribution >= 0.6 is 0 Å². The maximum atomic E-state index is 11.9. The highest BCUT2D eigenvalue weighted by Gasteiger charge is 2.16. The van der Waals surface area contributed by atoms with Crippen molar-refractivity contribution in [2.75, 3.05) is 36.3 Å². The van der Waals surface area contributed by atoms with Crippen molar-refractivity contribution in [1.29, 1.82) is 0 Å². The molecule has 1 aliphatic rings. The second-order valence-corrected chi connectivity index (χ2v) is 7.85. The van der Waals surface area contributed by atoms with Crippen molar-refractivity contribution in [2.45, 2.75) is 6.92 Å². The first-order valence-corrected chi connectivity index (χ1v) is 10.8. The molecule has 34 heavy (non-hydrogen) atoms. The third kappa shape index (κ3) is 4.55. The molecule has 3 heterocycles. The summed E-state index contributed by atoms with van der Waals surface area (Å²) in [7, 11) is 1.49. The van der Waals surface area contributed by atoms with Crippen molar-refractivity contribution in [2.24, 2.45) is 4.99 Å². The first-order chi connectivity index (χ1) is 16.6. The van der Waals surface area contributed by atoms with E-state index in [-0.39, 0.29) is 12.5 Å². The number of aliphatic imine (C=N–C) groups is 1. The van der Waals surface area contributed by atoms with Crippen LogP contribution in [0.1, 0.15) is 11.1 Å². The number of anilines is 3. The molecule has 1 amide bonds. The molecule has 0 unspecified atom stereocenters. The maximum absolute atomic E-state index is 11.9. The van der Waals surface area contributed by atoms with E-state index in [4.69, 9.17) is 9.47 Å². The monoisotopic (exact) mass is 456 g/mol. The number of methoxy groups -OCH3 is 1. The van der Waals surface area contributed by atoms with Crippen LogP contribution in [0, 0.1) is 6.92 Å². The Hall–Kier alpha value is -4.37. The average molecular weight is 457 g/mol. The van der Waals surface area contributed by atoms with Crippen LogP contribution in [0.3, 0.4) is 0 Å². The number of carbonyl (C=O) groups is 1. The predicted molar refractivity (Wildman–Crippen MR) is 132 cm³/mol. The van der Waals surface area contributed by atoms with Crippen molar-refractivity contribution in [3.63, 3.8) is 0 Å². The van der Waals surface area contributed by atoms with E-state index in [2.05, 4.69) is 25.9 Å². The van der Waals surface area contributed by atoms with E-state index in [1.165, 1.54) is 7.11 Å². The van der Waals surface area contributed by atoms with Gasteiger partial charge in [0.05, 0.1) is 0 Å². The molecule has 2 aromatic carbocycles. The zero-order valence-corrected chi connectivity index (χ0v) is 18.8. The highest BCUT2D eigenvalue weighted by Crippen LogP contribution is 2.29. The van der Waals surface area contributed by atoms with Crippen molar-refractivity contribution < 1.29 is 14.3 Å². The summed E-state index contributed by atoms with van der Waals surface area (Å²) in [5.74, 6) is 1.99. The van der Waals surface area contributed by atoms with Crippen molar-refractivity contribution in [1.82, 2.24) is 9.38 Å². The summed E-state index contributed by atoms with van der Waals surface area (Å²) < 4.78 is 12.9. The Labute approximate surface area is 196 Å². The number of aromatic nitrogens is 2. The van der Waals surface area contributed by atoms with Crippen molar-refractivity contribution in [3.05, 3.63) is 78.2 Å². The molecular formula is C25H24N6O3. The lowest BCUT2D eigenvalue weighted by Crippen LogP contribution is -2.23. The number of hydrogen-bond donors (Lipinski definition) is 3. The van der Waals surface area contributed by atoms with Gasteiger partial charge in [-0.1, -0.05) is 0 Å². The molecule has 0 saturated heterocycles. The van der Waals surface area contributed by atoms with Gasteiger partial charge in [-0.3, -0.25) is 4.79 Å². The standard InChI is InChI=1S/C25H24N6O3/c1-16-11-17(4-6-22(16)34-19-7-9-31-10-8-26-23(31)13-19)30-25-20-12-18(29-24(32)14-33-2)3-5-21(20)27-15-28-25/h3-13,27H,14-15H2,1-2H3,(H,28,30)(H,29,32). The normalized spacial score (nSPS) is 12.5. The summed E-state index contributed by atoms with van der Waals surface area (Å²) in [5.41, 5.74) is 5.17. The number of nitrogens with zero attached hydrogens (tertiary/aromatic N) is 3. The van der Waals surface area contributed by atoms with E-state index >= 15 is 0 Å². The lowest BCUT2D eigenvalue weighted by atomic mass is 10.1. The summed E-state index contributed by atoms with van der Waals surface area (Å²) in [6, 6.07) is 15.3. The molecule has 0 atom stereocenters. The van der Waals surface area contributed by atoms with Crippen LogP contribution in [0.25, 0.3) is 5.65 Å². The molecule has 5 rings (SSSR count). The van der Waals surface area contributed by atoms with Gasteiger partial charge in [0.25, 0.3) is 0 Å². The van der Waals surface area contributed by atoms with Crippen molar-refractivity contribution in [3.8, 4) is 11.5 Å². The van der Waals surface area contributed by atoms with Gasteiger partial charge in [0.15, 0.2) is 0 Å². The zero-order valence-electron chi connectivity index (χ0n) is 18.8. The minimum Gasteiger partial charge on any atom is -0.457 e. The number of imidazole rings is 1. The van der Waals surface area contributed by atoms with Crippen LogP contribution in [-0.4, -0.2) is 41.5 Å². The fourth-order valence-electron chi connectivity index (χ4n) is 3.76. The average Bonchev–Trinajstić information content (AvgIpc) is 3.29. The van der Waals surface area contributed by atoms with E-state index < -0.39 is 0 Å². The second-order valence-electron chi connectivity index (χ2n) is 7.85. The highest BCUT2D eigenvalue weighted by molar-refractivity contribution is 6.13. The summed E-state index contributed by atoms with van der Waals surface area (Å²) >= 11 is 0. The molecule has 9 heteroatoms. The van der Waals surface area contributed by atoms with Gasteiger partial charge < -0.3 is 29.8 Å².